The molecule has 0 bridgehead atoms. The summed E-state index contributed by atoms with van der Waals surface area (Å²) in [5, 5.41) is 0. The van der Waals surface area contributed by atoms with Gasteiger partial charge >= 0.3 is 0 Å². The predicted octanol–water partition coefficient (Wildman–Crippen LogP) is 3.20. The van der Waals surface area contributed by atoms with Crippen LogP contribution < -0.4 is 0 Å². The highest BCUT2D eigenvalue weighted by Gasteiger charge is 2.54. The van der Waals surface area contributed by atoms with E-state index in [0.717, 1.165) is 5.56 Å². The standard InChI is InChI=1S/C17H24O4S/c1-11-13-14(21-17(2,3)20-13)15(16(19-11)22-4)18-10-12-8-6-5-7-9-12/h5-9,11,13-16H,10H2,1-4H3/t11-,13+,14+,15-,16-/m0/s1. The van der Waals surface area contributed by atoms with Crippen molar-refractivity contribution in [2.75, 3.05) is 6.26 Å². The fraction of sp³-hybridized carbons (Fsp3) is 0.647. The molecule has 0 radical (unpaired) electrons. The highest BCUT2D eigenvalue weighted by atomic mass is 32.2. The lowest BCUT2D eigenvalue weighted by Crippen LogP contribution is -2.55. The molecule has 2 heterocycles. The van der Waals surface area contributed by atoms with Crippen molar-refractivity contribution in [1.82, 2.24) is 0 Å². The Morgan fingerprint density at radius 1 is 1.14 bits per heavy atom. The molecule has 3 rings (SSSR count). The number of benzene rings is 1. The van der Waals surface area contributed by atoms with Gasteiger partial charge in [-0.1, -0.05) is 30.3 Å². The van der Waals surface area contributed by atoms with Gasteiger partial charge < -0.3 is 18.9 Å². The number of hydrogen-bond donors (Lipinski definition) is 0. The second-order valence-electron chi connectivity index (χ2n) is 6.27. The first-order valence-electron chi connectivity index (χ1n) is 7.69. The van der Waals surface area contributed by atoms with Crippen molar-refractivity contribution in [3.8, 4) is 0 Å². The van der Waals surface area contributed by atoms with Crippen molar-refractivity contribution < 1.29 is 18.9 Å². The summed E-state index contributed by atoms with van der Waals surface area (Å²) in [6.07, 6.45) is 1.72. The van der Waals surface area contributed by atoms with E-state index in [1.54, 1.807) is 11.8 Å². The van der Waals surface area contributed by atoms with E-state index in [1.165, 1.54) is 0 Å². The lowest BCUT2D eigenvalue weighted by molar-refractivity contribution is -0.175. The average Bonchev–Trinajstić information content (AvgIpc) is 2.83. The van der Waals surface area contributed by atoms with Crippen LogP contribution in [-0.4, -0.2) is 41.9 Å². The molecule has 5 atom stereocenters. The third-order valence-electron chi connectivity index (χ3n) is 4.08. The van der Waals surface area contributed by atoms with Crippen LogP contribution >= 0.6 is 11.8 Å². The van der Waals surface area contributed by atoms with Crippen molar-refractivity contribution in [1.29, 1.82) is 0 Å². The minimum Gasteiger partial charge on any atom is -0.367 e. The zero-order valence-electron chi connectivity index (χ0n) is 13.5. The van der Waals surface area contributed by atoms with Crippen LogP contribution in [0.2, 0.25) is 0 Å². The molecule has 0 N–H and O–H groups in total. The Bertz CT molecular complexity index is 493. The van der Waals surface area contributed by atoms with Gasteiger partial charge in [0.05, 0.1) is 12.7 Å². The Balaban J connectivity index is 1.74. The van der Waals surface area contributed by atoms with Crippen LogP contribution in [0, 0.1) is 0 Å². The van der Waals surface area contributed by atoms with Crippen LogP contribution in [0.1, 0.15) is 26.3 Å². The van der Waals surface area contributed by atoms with Gasteiger partial charge in [0.2, 0.25) is 0 Å². The topological polar surface area (TPSA) is 36.9 Å². The summed E-state index contributed by atoms with van der Waals surface area (Å²) in [6, 6.07) is 10.2. The van der Waals surface area contributed by atoms with Gasteiger partial charge in [-0.25, -0.2) is 0 Å². The van der Waals surface area contributed by atoms with E-state index in [1.807, 2.05) is 45.2 Å². The van der Waals surface area contributed by atoms with Gasteiger partial charge in [0.25, 0.3) is 0 Å². The summed E-state index contributed by atoms with van der Waals surface area (Å²) in [7, 11) is 0. The molecule has 2 saturated heterocycles. The van der Waals surface area contributed by atoms with Crippen LogP contribution in [0.4, 0.5) is 0 Å². The van der Waals surface area contributed by atoms with Crippen molar-refractivity contribution >= 4 is 11.8 Å². The fourth-order valence-electron chi connectivity index (χ4n) is 3.09. The Labute approximate surface area is 136 Å². The number of hydrogen-bond acceptors (Lipinski definition) is 5. The molecule has 0 aromatic heterocycles. The highest BCUT2D eigenvalue weighted by molar-refractivity contribution is 7.99. The zero-order valence-corrected chi connectivity index (χ0v) is 14.3. The second-order valence-corrected chi connectivity index (χ2v) is 7.21. The lowest BCUT2D eigenvalue weighted by Gasteiger charge is -2.40. The maximum absolute atomic E-state index is 6.18. The van der Waals surface area contributed by atoms with Crippen molar-refractivity contribution in [3.05, 3.63) is 35.9 Å². The Hall–Kier alpha value is -0.590. The van der Waals surface area contributed by atoms with Crippen molar-refractivity contribution in [3.63, 3.8) is 0 Å². The van der Waals surface area contributed by atoms with Crippen molar-refractivity contribution in [2.24, 2.45) is 0 Å². The summed E-state index contributed by atoms with van der Waals surface area (Å²) in [6.45, 7) is 6.48. The van der Waals surface area contributed by atoms with Crippen molar-refractivity contribution in [2.45, 2.75) is 63.0 Å². The maximum Gasteiger partial charge on any atom is 0.164 e. The molecule has 4 nitrogen and oxygen atoms in total. The lowest BCUT2D eigenvalue weighted by atomic mass is 10.0. The normalized spacial score (nSPS) is 37.0. The predicted molar refractivity (Wildman–Crippen MR) is 86.7 cm³/mol. The van der Waals surface area contributed by atoms with E-state index in [2.05, 4.69) is 12.1 Å². The Morgan fingerprint density at radius 3 is 2.50 bits per heavy atom. The third-order valence-corrected chi connectivity index (χ3v) is 4.93. The molecule has 122 valence electrons. The first-order valence-corrected chi connectivity index (χ1v) is 8.98. The van der Waals surface area contributed by atoms with E-state index in [9.17, 15) is 0 Å². The summed E-state index contributed by atoms with van der Waals surface area (Å²) in [4.78, 5) is 0. The molecule has 0 aliphatic carbocycles. The minimum absolute atomic E-state index is 0.000741. The number of ether oxygens (including phenoxy) is 4. The third kappa shape index (κ3) is 3.34. The van der Waals surface area contributed by atoms with Gasteiger partial charge in [0.15, 0.2) is 5.79 Å². The van der Waals surface area contributed by atoms with Gasteiger partial charge in [0.1, 0.15) is 23.7 Å². The molecule has 5 heteroatoms. The minimum atomic E-state index is -0.589. The van der Waals surface area contributed by atoms with Gasteiger partial charge in [-0.2, -0.15) is 0 Å². The van der Waals surface area contributed by atoms with Gasteiger partial charge in [-0.05, 0) is 32.6 Å². The Kier molecular flexibility index (Phi) is 4.80. The smallest absolute Gasteiger partial charge is 0.164 e. The van der Waals surface area contributed by atoms with Gasteiger partial charge in [-0.15, -0.1) is 11.8 Å². The number of rotatable bonds is 4. The molecule has 1 aromatic carbocycles. The van der Waals surface area contributed by atoms with Gasteiger partial charge in [-0.3, -0.25) is 0 Å². The second kappa shape index (κ2) is 6.49. The molecule has 2 aliphatic rings. The quantitative estimate of drug-likeness (QED) is 0.850. The molecular weight excluding hydrogens is 300 g/mol. The van der Waals surface area contributed by atoms with E-state index < -0.39 is 5.79 Å². The van der Waals surface area contributed by atoms with Crippen LogP contribution in [0.25, 0.3) is 0 Å². The van der Waals surface area contributed by atoms with E-state index in [-0.39, 0.29) is 29.9 Å². The van der Waals surface area contributed by atoms with E-state index >= 15 is 0 Å². The number of fused-ring (bicyclic) bond motifs is 1. The molecular formula is C17H24O4S. The molecule has 2 aliphatic heterocycles. The Morgan fingerprint density at radius 2 is 1.82 bits per heavy atom. The van der Waals surface area contributed by atoms with E-state index in [0.29, 0.717) is 6.61 Å². The first kappa shape index (κ1) is 16.3. The van der Waals surface area contributed by atoms with Crippen LogP contribution in [0.15, 0.2) is 30.3 Å². The summed E-state index contributed by atoms with van der Waals surface area (Å²) in [5.41, 5.74) is 1.10. The number of thioether (sulfide) groups is 1. The maximum atomic E-state index is 6.18. The molecule has 1 aromatic rings. The average molecular weight is 324 g/mol. The van der Waals surface area contributed by atoms with E-state index in [4.69, 9.17) is 18.9 Å². The summed E-state index contributed by atoms with van der Waals surface area (Å²) >= 11 is 1.66. The zero-order chi connectivity index (χ0) is 15.7. The monoisotopic (exact) mass is 324 g/mol. The molecule has 0 saturated carbocycles. The fourth-order valence-corrected chi connectivity index (χ4v) is 3.87. The molecule has 0 amide bonds. The van der Waals surface area contributed by atoms with Crippen LogP contribution in [0.3, 0.4) is 0 Å². The molecule has 0 spiro atoms. The SMILES string of the molecule is CS[C@@H]1O[C@@H](C)[C@H]2OC(C)(C)O[C@H]2[C@@H]1OCc1ccccc1. The molecule has 22 heavy (non-hydrogen) atoms. The molecule has 2 fully saturated rings. The van der Waals surface area contributed by atoms with Crippen LogP contribution in [0.5, 0.6) is 0 Å². The first-order chi connectivity index (χ1) is 10.5. The summed E-state index contributed by atoms with van der Waals surface area (Å²) in [5.74, 6) is -0.589. The van der Waals surface area contributed by atoms with Crippen LogP contribution in [-0.2, 0) is 25.6 Å². The molecule has 0 unspecified atom stereocenters. The highest BCUT2D eigenvalue weighted by Crippen LogP contribution is 2.40. The largest absolute Gasteiger partial charge is 0.367 e. The van der Waals surface area contributed by atoms with Gasteiger partial charge in [0, 0.05) is 0 Å². The summed E-state index contributed by atoms with van der Waals surface area (Å²) < 4.78 is 24.4.